The number of aromatic nitrogens is 1. The number of hydrogen-bond acceptors (Lipinski definition) is 2. The second-order valence-corrected chi connectivity index (χ2v) is 4.56. The van der Waals surface area contributed by atoms with E-state index in [0.717, 1.165) is 12.3 Å². The van der Waals surface area contributed by atoms with Crippen LogP contribution < -0.4 is 4.90 Å². The number of rotatable bonds is 1. The van der Waals surface area contributed by atoms with Crippen molar-refractivity contribution in [1.29, 1.82) is 0 Å². The molecule has 1 aromatic rings. The largest absolute Gasteiger partial charge is 0.293 e. The Labute approximate surface area is 93.2 Å². The molecule has 3 nitrogen and oxygen atoms in total. The Hall–Kier alpha value is -1.04. The molecule has 1 aliphatic rings. The predicted octanol–water partition coefficient (Wildman–Crippen LogP) is 1.86. The lowest BCUT2D eigenvalue weighted by Gasteiger charge is -2.14. The normalized spacial score (nSPS) is 21.1. The Balaban J connectivity index is 2.34. The SMILES string of the molecule is O=C1CC(Br)CN1c1ncc(F)cc1F. The summed E-state index contributed by atoms with van der Waals surface area (Å²) in [6.45, 7) is 0.356. The molecular weight excluding hydrogens is 270 g/mol. The fourth-order valence-electron chi connectivity index (χ4n) is 1.47. The van der Waals surface area contributed by atoms with Crippen LogP contribution in [0, 0.1) is 11.6 Å². The molecule has 1 atom stereocenters. The van der Waals surface area contributed by atoms with E-state index >= 15 is 0 Å². The van der Waals surface area contributed by atoms with Crippen molar-refractivity contribution in [2.45, 2.75) is 11.2 Å². The van der Waals surface area contributed by atoms with Crippen molar-refractivity contribution < 1.29 is 13.6 Å². The highest BCUT2D eigenvalue weighted by Gasteiger charge is 2.31. The van der Waals surface area contributed by atoms with E-state index < -0.39 is 11.6 Å². The summed E-state index contributed by atoms with van der Waals surface area (Å²) >= 11 is 3.27. The predicted molar refractivity (Wildman–Crippen MR) is 53.8 cm³/mol. The van der Waals surface area contributed by atoms with Crippen LogP contribution in [0.4, 0.5) is 14.6 Å². The topological polar surface area (TPSA) is 33.2 Å². The maximum Gasteiger partial charge on any atom is 0.229 e. The molecule has 0 spiro atoms. The summed E-state index contributed by atoms with van der Waals surface area (Å²) in [6, 6.07) is 0.719. The van der Waals surface area contributed by atoms with Crippen LogP contribution in [-0.2, 0) is 4.79 Å². The molecule has 2 heterocycles. The first kappa shape index (κ1) is 10.5. The smallest absolute Gasteiger partial charge is 0.229 e. The lowest BCUT2D eigenvalue weighted by molar-refractivity contribution is -0.117. The van der Waals surface area contributed by atoms with Gasteiger partial charge in [-0.1, -0.05) is 15.9 Å². The van der Waals surface area contributed by atoms with Crippen molar-refractivity contribution in [3.8, 4) is 0 Å². The van der Waals surface area contributed by atoms with Gasteiger partial charge in [-0.05, 0) is 0 Å². The van der Waals surface area contributed by atoms with E-state index in [2.05, 4.69) is 20.9 Å². The van der Waals surface area contributed by atoms with Crippen molar-refractivity contribution in [2.24, 2.45) is 0 Å². The minimum absolute atomic E-state index is 0.00347. The Morgan fingerprint density at radius 3 is 2.80 bits per heavy atom. The maximum atomic E-state index is 13.3. The summed E-state index contributed by atoms with van der Waals surface area (Å²) in [5, 5.41) is 0. The number of anilines is 1. The average molecular weight is 277 g/mol. The molecule has 0 aromatic carbocycles. The number of hydrogen-bond donors (Lipinski definition) is 0. The zero-order valence-electron chi connectivity index (χ0n) is 7.58. The van der Waals surface area contributed by atoms with Gasteiger partial charge in [0.1, 0.15) is 5.82 Å². The molecular formula is C9H7BrF2N2O. The molecule has 2 rings (SSSR count). The monoisotopic (exact) mass is 276 g/mol. The van der Waals surface area contributed by atoms with E-state index in [9.17, 15) is 13.6 Å². The van der Waals surface area contributed by atoms with Crippen LogP contribution in [0.15, 0.2) is 12.3 Å². The third kappa shape index (κ3) is 1.99. The van der Waals surface area contributed by atoms with E-state index in [1.165, 1.54) is 4.90 Å². The average Bonchev–Trinajstić information content (AvgIpc) is 2.45. The summed E-state index contributed by atoms with van der Waals surface area (Å²) in [7, 11) is 0. The number of alkyl halides is 1. The lowest BCUT2D eigenvalue weighted by atomic mass is 10.4. The zero-order chi connectivity index (χ0) is 11.0. The van der Waals surface area contributed by atoms with Crippen LogP contribution in [0.25, 0.3) is 0 Å². The highest BCUT2D eigenvalue weighted by molar-refractivity contribution is 9.09. The fourth-order valence-corrected chi connectivity index (χ4v) is 2.04. The summed E-state index contributed by atoms with van der Waals surface area (Å²) in [5.74, 6) is -1.89. The van der Waals surface area contributed by atoms with E-state index in [1.807, 2.05) is 0 Å². The van der Waals surface area contributed by atoms with Gasteiger partial charge in [0.05, 0.1) is 6.20 Å². The molecule has 0 aliphatic carbocycles. The van der Waals surface area contributed by atoms with Crippen LogP contribution in [0.2, 0.25) is 0 Å². The molecule has 0 bridgehead atoms. The van der Waals surface area contributed by atoms with Gasteiger partial charge < -0.3 is 0 Å². The van der Waals surface area contributed by atoms with Crippen molar-refractivity contribution in [3.05, 3.63) is 23.9 Å². The number of amides is 1. The molecule has 0 N–H and O–H groups in total. The minimum atomic E-state index is -0.815. The van der Waals surface area contributed by atoms with Gasteiger partial charge in [0.15, 0.2) is 11.6 Å². The highest BCUT2D eigenvalue weighted by atomic mass is 79.9. The van der Waals surface area contributed by atoms with Crippen molar-refractivity contribution in [2.75, 3.05) is 11.4 Å². The first-order chi connectivity index (χ1) is 7.08. The van der Waals surface area contributed by atoms with E-state index in [1.54, 1.807) is 0 Å². The Morgan fingerprint density at radius 2 is 2.27 bits per heavy atom. The number of nitrogens with zero attached hydrogens (tertiary/aromatic N) is 2. The zero-order valence-corrected chi connectivity index (χ0v) is 9.17. The standard InChI is InChI=1S/C9H7BrF2N2O/c10-5-1-8(15)14(4-5)9-7(12)2-6(11)3-13-9/h2-3,5H,1,4H2. The molecule has 1 unspecified atom stereocenters. The number of carbonyl (C=O) groups is 1. The Morgan fingerprint density at radius 1 is 1.53 bits per heavy atom. The van der Waals surface area contributed by atoms with Gasteiger partial charge in [0.2, 0.25) is 5.91 Å². The third-order valence-corrected chi connectivity index (χ3v) is 2.74. The Kier molecular flexibility index (Phi) is 2.68. The van der Waals surface area contributed by atoms with Gasteiger partial charge in [-0.25, -0.2) is 13.8 Å². The molecule has 1 amide bonds. The van der Waals surface area contributed by atoms with E-state index in [0.29, 0.717) is 13.0 Å². The molecule has 1 aliphatic heterocycles. The molecule has 80 valence electrons. The van der Waals surface area contributed by atoms with Crippen molar-refractivity contribution in [1.82, 2.24) is 4.98 Å². The number of halogens is 3. The molecule has 0 radical (unpaired) electrons. The molecule has 1 saturated heterocycles. The summed E-state index contributed by atoms with van der Waals surface area (Å²) in [6.07, 6.45) is 1.20. The van der Waals surface area contributed by atoms with Crippen LogP contribution in [0.5, 0.6) is 0 Å². The van der Waals surface area contributed by atoms with Crippen molar-refractivity contribution in [3.63, 3.8) is 0 Å². The summed E-state index contributed by atoms with van der Waals surface area (Å²) < 4.78 is 25.9. The summed E-state index contributed by atoms with van der Waals surface area (Å²) in [4.78, 5) is 16.2. The maximum absolute atomic E-state index is 13.3. The first-order valence-corrected chi connectivity index (χ1v) is 5.25. The Bertz CT molecular complexity index is 413. The number of carbonyl (C=O) groups excluding carboxylic acids is 1. The van der Waals surface area contributed by atoms with Gasteiger partial charge in [-0.2, -0.15) is 0 Å². The van der Waals surface area contributed by atoms with Crippen LogP contribution >= 0.6 is 15.9 Å². The second kappa shape index (κ2) is 3.84. The molecule has 15 heavy (non-hydrogen) atoms. The van der Waals surface area contributed by atoms with Crippen LogP contribution in [-0.4, -0.2) is 22.3 Å². The van der Waals surface area contributed by atoms with Gasteiger partial charge in [-0.15, -0.1) is 0 Å². The van der Waals surface area contributed by atoms with Gasteiger partial charge in [0.25, 0.3) is 0 Å². The lowest BCUT2D eigenvalue weighted by Crippen LogP contribution is -2.26. The first-order valence-electron chi connectivity index (χ1n) is 4.33. The second-order valence-electron chi connectivity index (χ2n) is 3.26. The van der Waals surface area contributed by atoms with Crippen LogP contribution in [0.3, 0.4) is 0 Å². The third-order valence-electron chi connectivity index (χ3n) is 2.12. The van der Waals surface area contributed by atoms with E-state index in [-0.39, 0.29) is 16.6 Å². The molecule has 0 saturated carbocycles. The summed E-state index contributed by atoms with van der Waals surface area (Å²) in [5.41, 5.74) is 0. The minimum Gasteiger partial charge on any atom is -0.293 e. The van der Waals surface area contributed by atoms with E-state index in [4.69, 9.17) is 0 Å². The molecule has 6 heteroatoms. The quantitative estimate of drug-likeness (QED) is 0.734. The van der Waals surface area contributed by atoms with Gasteiger partial charge in [-0.3, -0.25) is 9.69 Å². The number of pyridine rings is 1. The van der Waals surface area contributed by atoms with Gasteiger partial charge in [0, 0.05) is 23.9 Å². The van der Waals surface area contributed by atoms with Crippen molar-refractivity contribution >= 4 is 27.7 Å². The fraction of sp³-hybridized carbons (Fsp3) is 0.333. The highest BCUT2D eigenvalue weighted by Crippen LogP contribution is 2.25. The van der Waals surface area contributed by atoms with Crippen LogP contribution in [0.1, 0.15) is 6.42 Å². The molecule has 1 fully saturated rings. The molecule has 1 aromatic heterocycles. The van der Waals surface area contributed by atoms with Gasteiger partial charge >= 0.3 is 0 Å².